The fourth-order valence-corrected chi connectivity index (χ4v) is 4.02. The number of pyridine rings is 1. The van der Waals surface area contributed by atoms with Gasteiger partial charge in [0.1, 0.15) is 5.82 Å². The molecule has 2 aromatic rings. The van der Waals surface area contributed by atoms with E-state index in [1.807, 2.05) is 35.8 Å². The predicted octanol–water partition coefficient (Wildman–Crippen LogP) is 1.02. The Labute approximate surface area is 148 Å². The summed E-state index contributed by atoms with van der Waals surface area (Å²) < 4.78 is 2.05. The molecule has 2 saturated heterocycles. The van der Waals surface area contributed by atoms with Crippen molar-refractivity contribution in [2.75, 3.05) is 39.8 Å². The Hall–Kier alpha value is -2.15. The smallest absolute Gasteiger partial charge is 0.193 e. The van der Waals surface area contributed by atoms with Crippen LogP contribution in [0, 0.1) is 0 Å². The number of fused-ring (bicyclic) bond motifs is 1. The fraction of sp³-hybridized carbons (Fsp3) is 0.611. The third-order valence-electron chi connectivity index (χ3n) is 5.35. The van der Waals surface area contributed by atoms with Gasteiger partial charge in [0.05, 0.1) is 0 Å². The maximum absolute atomic E-state index is 4.48. The highest BCUT2D eigenvalue weighted by atomic mass is 15.3. The van der Waals surface area contributed by atoms with Crippen molar-refractivity contribution in [1.82, 2.24) is 29.7 Å². The summed E-state index contributed by atoms with van der Waals surface area (Å²) in [5, 5.41) is 12.0. The molecule has 7 heteroatoms. The van der Waals surface area contributed by atoms with Crippen LogP contribution in [0.4, 0.5) is 0 Å². The van der Waals surface area contributed by atoms with E-state index >= 15 is 0 Å². The zero-order valence-electron chi connectivity index (χ0n) is 14.9. The van der Waals surface area contributed by atoms with Crippen molar-refractivity contribution < 1.29 is 0 Å². The zero-order chi connectivity index (χ0) is 17.1. The Morgan fingerprint density at radius 1 is 1.24 bits per heavy atom. The second-order valence-corrected chi connectivity index (χ2v) is 6.90. The molecule has 1 unspecified atom stereocenters. The van der Waals surface area contributed by atoms with E-state index in [-0.39, 0.29) is 0 Å². The summed E-state index contributed by atoms with van der Waals surface area (Å²) in [7, 11) is 1.87. The van der Waals surface area contributed by atoms with E-state index in [0.29, 0.717) is 6.04 Å². The minimum Gasteiger partial charge on any atom is -0.356 e. The SMILES string of the molecule is CN=C(NCCc1nnc2ccccn12)N1CCC(N2CCCC2)C1. The minimum absolute atomic E-state index is 0.696. The molecule has 1 N–H and O–H groups in total. The summed E-state index contributed by atoms with van der Waals surface area (Å²) in [5.74, 6) is 1.99. The third-order valence-corrected chi connectivity index (χ3v) is 5.35. The van der Waals surface area contributed by atoms with Crippen LogP contribution >= 0.6 is 0 Å². The van der Waals surface area contributed by atoms with Crippen molar-refractivity contribution in [2.45, 2.75) is 31.7 Å². The van der Waals surface area contributed by atoms with Gasteiger partial charge in [-0.15, -0.1) is 10.2 Å². The molecule has 0 aromatic carbocycles. The number of likely N-dealkylation sites (tertiary alicyclic amines) is 2. The molecule has 1 atom stereocenters. The minimum atomic E-state index is 0.696. The number of guanidine groups is 1. The summed E-state index contributed by atoms with van der Waals surface area (Å²) in [6.45, 7) is 5.53. The molecule has 0 aliphatic carbocycles. The molecule has 2 aliphatic heterocycles. The highest BCUT2D eigenvalue weighted by Gasteiger charge is 2.30. The summed E-state index contributed by atoms with van der Waals surface area (Å²) in [6, 6.07) is 6.67. The monoisotopic (exact) mass is 341 g/mol. The van der Waals surface area contributed by atoms with Gasteiger partial charge in [0, 0.05) is 45.3 Å². The zero-order valence-corrected chi connectivity index (χ0v) is 14.9. The Morgan fingerprint density at radius 2 is 2.12 bits per heavy atom. The molecule has 0 bridgehead atoms. The van der Waals surface area contributed by atoms with Crippen molar-refractivity contribution in [2.24, 2.45) is 4.99 Å². The Kier molecular flexibility index (Phi) is 4.83. The van der Waals surface area contributed by atoms with Crippen LogP contribution in [-0.2, 0) is 6.42 Å². The molecule has 4 rings (SSSR count). The lowest BCUT2D eigenvalue weighted by molar-refractivity contribution is 0.249. The van der Waals surface area contributed by atoms with Crippen LogP contribution in [-0.4, -0.2) is 76.2 Å². The van der Waals surface area contributed by atoms with Crippen LogP contribution in [0.2, 0.25) is 0 Å². The molecule has 0 radical (unpaired) electrons. The van der Waals surface area contributed by atoms with Gasteiger partial charge in [0.25, 0.3) is 0 Å². The Morgan fingerprint density at radius 3 is 2.96 bits per heavy atom. The van der Waals surface area contributed by atoms with E-state index in [1.165, 1.54) is 32.4 Å². The van der Waals surface area contributed by atoms with E-state index in [0.717, 1.165) is 43.5 Å². The van der Waals surface area contributed by atoms with Crippen LogP contribution < -0.4 is 5.32 Å². The largest absolute Gasteiger partial charge is 0.356 e. The Balaban J connectivity index is 1.31. The van der Waals surface area contributed by atoms with Gasteiger partial charge in [0.15, 0.2) is 11.6 Å². The van der Waals surface area contributed by atoms with Crippen molar-refractivity contribution in [3.05, 3.63) is 30.2 Å². The molecule has 7 nitrogen and oxygen atoms in total. The van der Waals surface area contributed by atoms with Crippen LogP contribution in [0.5, 0.6) is 0 Å². The number of hydrogen-bond acceptors (Lipinski definition) is 4. The molecule has 4 heterocycles. The van der Waals surface area contributed by atoms with Crippen molar-refractivity contribution in [3.8, 4) is 0 Å². The lowest BCUT2D eigenvalue weighted by atomic mass is 10.2. The van der Waals surface area contributed by atoms with Crippen LogP contribution in [0.15, 0.2) is 29.4 Å². The van der Waals surface area contributed by atoms with Gasteiger partial charge in [-0.25, -0.2) is 0 Å². The summed E-state index contributed by atoms with van der Waals surface area (Å²) in [5.41, 5.74) is 0.898. The number of hydrogen-bond donors (Lipinski definition) is 1. The average molecular weight is 341 g/mol. The van der Waals surface area contributed by atoms with Gasteiger partial charge >= 0.3 is 0 Å². The average Bonchev–Trinajstić information content (AvgIpc) is 3.38. The molecule has 0 saturated carbocycles. The van der Waals surface area contributed by atoms with Crippen LogP contribution in [0.1, 0.15) is 25.1 Å². The molecule has 2 fully saturated rings. The second kappa shape index (κ2) is 7.39. The van der Waals surface area contributed by atoms with Gasteiger partial charge < -0.3 is 10.2 Å². The number of aliphatic imine (C=N–C) groups is 1. The van der Waals surface area contributed by atoms with Crippen LogP contribution in [0.25, 0.3) is 5.65 Å². The number of nitrogens with one attached hydrogen (secondary N) is 1. The predicted molar refractivity (Wildman–Crippen MR) is 98.8 cm³/mol. The first-order valence-electron chi connectivity index (χ1n) is 9.33. The van der Waals surface area contributed by atoms with Gasteiger partial charge in [-0.3, -0.25) is 14.3 Å². The third kappa shape index (κ3) is 3.46. The number of rotatable bonds is 4. The fourth-order valence-electron chi connectivity index (χ4n) is 4.02. The molecule has 134 valence electrons. The summed E-state index contributed by atoms with van der Waals surface area (Å²) in [6.07, 6.45) is 6.80. The van der Waals surface area contributed by atoms with Crippen molar-refractivity contribution in [1.29, 1.82) is 0 Å². The maximum atomic E-state index is 4.48. The van der Waals surface area contributed by atoms with E-state index in [4.69, 9.17) is 0 Å². The Bertz CT molecular complexity index is 732. The summed E-state index contributed by atoms with van der Waals surface area (Å²) >= 11 is 0. The van der Waals surface area contributed by atoms with E-state index in [1.54, 1.807) is 0 Å². The first-order valence-corrected chi connectivity index (χ1v) is 9.33. The lowest BCUT2D eigenvalue weighted by Crippen LogP contribution is -2.43. The first kappa shape index (κ1) is 16.3. The maximum Gasteiger partial charge on any atom is 0.193 e. The normalized spacial score (nSPS) is 22.2. The number of nitrogens with zero attached hydrogens (tertiary/aromatic N) is 6. The van der Waals surface area contributed by atoms with Gasteiger partial charge in [-0.05, 0) is 44.5 Å². The second-order valence-electron chi connectivity index (χ2n) is 6.90. The van der Waals surface area contributed by atoms with Gasteiger partial charge in [-0.2, -0.15) is 0 Å². The molecule has 25 heavy (non-hydrogen) atoms. The summed E-state index contributed by atoms with van der Waals surface area (Å²) in [4.78, 5) is 9.52. The van der Waals surface area contributed by atoms with Crippen molar-refractivity contribution >= 4 is 11.6 Å². The standard InChI is InChI=1S/C18H27N7/c1-19-18(24-13-8-15(14-24)23-10-4-5-11-23)20-9-7-17-22-21-16-6-2-3-12-25(16)17/h2-3,6,12,15H,4-5,7-11,13-14H2,1H3,(H,19,20). The first-order chi connectivity index (χ1) is 12.3. The van der Waals surface area contributed by atoms with Gasteiger partial charge in [0.2, 0.25) is 0 Å². The molecule has 2 aromatic heterocycles. The highest BCUT2D eigenvalue weighted by Crippen LogP contribution is 2.20. The highest BCUT2D eigenvalue weighted by molar-refractivity contribution is 5.80. The lowest BCUT2D eigenvalue weighted by Gasteiger charge is -2.25. The molecular formula is C18H27N7. The van der Waals surface area contributed by atoms with E-state index < -0.39 is 0 Å². The van der Waals surface area contributed by atoms with E-state index in [2.05, 4.69) is 30.3 Å². The molecular weight excluding hydrogens is 314 g/mol. The number of aromatic nitrogens is 3. The molecule has 0 amide bonds. The van der Waals surface area contributed by atoms with Crippen LogP contribution in [0.3, 0.4) is 0 Å². The van der Waals surface area contributed by atoms with Crippen molar-refractivity contribution in [3.63, 3.8) is 0 Å². The van der Waals surface area contributed by atoms with E-state index in [9.17, 15) is 0 Å². The molecule has 2 aliphatic rings. The topological polar surface area (TPSA) is 61.1 Å². The van der Waals surface area contributed by atoms with Gasteiger partial charge in [-0.1, -0.05) is 6.07 Å². The molecule has 0 spiro atoms. The quantitative estimate of drug-likeness (QED) is 0.664.